The number of nitrogens with two attached hydrogens (primary N) is 1. The average Bonchev–Trinajstić information content (AvgIpc) is 3.61. The van der Waals surface area contributed by atoms with Crippen LogP contribution < -0.4 is 5.73 Å². The normalized spacial score (nSPS) is 15.5. The topological polar surface area (TPSA) is 123 Å². The van der Waals surface area contributed by atoms with Crippen molar-refractivity contribution in [3.05, 3.63) is 71.7 Å². The van der Waals surface area contributed by atoms with E-state index in [-0.39, 0.29) is 24.4 Å². The molecule has 37 heavy (non-hydrogen) atoms. The predicted molar refractivity (Wildman–Crippen MR) is 132 cm³/mol. The van der Waals surface area contributed by atoms with Crippen LogP contribution in [0.5, 0.6) is 0 Å². The molecule has 1 atom stereocenters. The molecule has 2 aromatic heterocycles. The van der Waals surface area contributed by atoms with E-state index in [1.807, 2.05) is 29.2 Å². The van der Waals surface area contributed by atoms with E-state index < -0.39 is 11.7 Å². The Morgan fingerprint density at radius 3 is 2.46 bits per heavy atom. The van der Waals surface area contributed by atoms with E-state index in [4.69, 9.17) is 15.7 Å². The molecule has 5 rings (SSSR count). The lowest BCUT2D eigenvalue weighted by Crippen LogP contribution is -2.41. The summed E-state index contributed by atoms with van der Waals surface area (Å²) in [5, 5.41) is 19.9. The van der Waals surface area contributed by atoms with Crippen LogP contribution in [-0.4, -0.2) is 48.6 Å². The zero-order valence-corrected chi connectivity index (χ0v) is 20.3. The number of guanidine groups is 1. The number of hydrogen-bond donors (Lipinski definition) is 2. The number of aromatic nitrogens is 5. The van der Waals surface area contributed by atoms with Crippen LogP contribution >= 0.6 is 12.4 Å². The van der Waals surface area contributed by atoms with Crippen LogP contribution in [0.1, 0.15) is 29.9 Å². The second-order valence-corrected chi connectivity index (χ2v) is 8.66. The number of nitrogens with zero attached hydrogens (tertiary/aromatic N) is 6. The van der Waals surface area contributed by atoms with Crippen molar-refractivity contribution in [3.63, 3.8) is 0 Å². The lowest BCUT2D eigenvalue weighted by atomic mass is 10.1. The first-order valence-electron chi connectivity index (χ1n) is 11.4. The van der Waals surface area contributed by atoms with Gasteiger partial charge in [0.1, 0.15) is 5.69 Å². The fraction of sp³-hybridized carbons (Fsp3) is 0.292. The smallest absolute Gasteiger partial charge is 0.370 e. The van der Waals surface area contributed by atoms with E-state index in [9.17, 15) is 13.2 Å². The minimum Gasteiger partial charge on any atom is -0.370 e. The molecule has 1 saturated heterocycles. The van der Waals surface area contributed by atoms with Crippen molar-refractivity contribution in [2.75, 3.05) is 6.54 Å². The van der Waals surface area contributed by atoms with Gasteiger partial charge in [-0.1, -0.05) is 46.8 Å². The zero-order valence-electron chi connectivity index (χ0n) is 19.5. The van der Waals surface area contributed by atoms with Gasteiger partial charge in [0.2, 0.25) is 11.7 Å². The van der Waals surface area contributed by atoms with Crippen molar-refractivity contribution in [2.24, 2.45) is 5.73 Å². The summed E-state index contributed by atoms with van der Waals surface area (Å²) in [5.74, 6) is 1.05. The van der Waals surface area contributed by atoms with Gasteiger partial charge in [-0.05, 0) is 30.5 Å². The fourth-order valence-electron chi connectivity index (χ4n) is 4.31. The van der Waals surface area contributed by atoms with Crippen LogP contribution in [0.3, 0.4) is 0 Å². The third-order valence-electron chi connectivity index (χ3n) is 6.17. The lowest BCUT2D eigenvalue weighted by molar-refractivity contribution is -0.137. The number of nitrogens with one attached hydrogen (secondary N) is 1. The molecule has 9 nitrogen and oxygen atoms in total. The summed E-state index contributed by atoms with van der Waals surface area (Å²) < 4.78 is 45.4. The van der Waals surface area contributed by atoms with E-state index in [1.165, 1.54) is 12.1 Å². The van der Waals surface area contributed by atoms with Gasteiger partial charge in [0.05, 0.1) is 18.3 Å². The summed E-state index contributed by atoms with van der Waals surface area (Å²) in [4.78, 5) is 6.35. The van der Waals surface area contributed by atoms with Gasteiger partial charge < -0.3 is 15.2 Å². The van der Waals surface area contributed by atoms with Gasteiger partial charge in [0.15, 0.2) is 5.96 Å². The average molecular weight is 533 g/mol. The van der Waals surface area contributed by atoms with Crippen molar-refractivity contribution >= 4 is 18.4 Å². The Morgan fingerprint density at radius 1 is 1.08 bits per heavy atom. The highest BCUT2D eigenvalue weighted by Gasteiger charge is 2.30. The van der Waals surface area contributed by atoms with Gasteiger partial charge in [-0.3, -0.25) is 5.41 Å². The fourth-order valence-corrected chi connectivity index (χ4v) is 4.31. The molecule has 0 bridgehead atoms. The van der Waals surface area contributed by atoms with Gasteiger partial charge in [0, 0.05) is 30.1 Å². The van der Waals surface area contributed by atoms with Crippen molar-refractivity contribution in [3.8, 4) is 22.6 Å². The quantitative estimate of drug-likeness (QED) is 0.279. The largest absolute Gasteiger partial charge is 0.416 e. The molecular weight excluding hydrogens is 509 g/mol. The van der Waals surface area contributed by atoms with Crippen molar-refractivity contribution in [1.29, 1.82) is 5.41 Å². The van der Waals surface area contributed by atoms with E-state index in [0.717, 1.165) is 42.6 Å². The molecule has 2 aromatic carbocycles. The molecule has 0 unspecified atom stereocenters. The second-order valence-electron chi connectivity index (χ2n) is 8.66. The van der Waals surface area contributed by atoms with Crippen molar-refractivity contribution in [2.45, 2.75) is 38.0 Å². The molecule has 3 N–H and O–H groups in total. The van der Waals surface area contributed by atoms with Gasteiger partial charge in [-0.25, -0.2) is 4.68 Å². The summed E-state index contributed by atoms with van der Waals surface area (Å²) in [5.41, 5.74) is 7.75. The maximum absolute atomic E-state index is 12.8. The third kappa shape index (κ3) is 5.91. The van der Waals surface area contributed by atoms with Gasteiger partial charge in [-0.15, -0.1) is 17.5 Å². The van der Waals surface area contributed by atoms with Gasteiger partial charge in [0.25, 0.3) is 0 Å². The molecular formula is C24H24ClF3N8O. The van der Waals surface area contributed by atoms with Gasteiger partial charge in [-0.2, -0.15) is 18.2 Å². The van der Waals surface area contributed by atoms with Crippen LogP contribution in [-0.2, 0) is 19.1 Å². The highest BCUT2D eigenvalue weighted by atomic mass is 35.5. The van der Waals surface area contributed by atoms with Crippen LogP contribution in [0.25, 0.3) is 22.6 Å². The van der Waals surface area contributed by atoms with E-state index >= 15 is 0 Å². The molecule has 3 heterocycles. The lowest BCUT2D eigenvalue weighted by Gasteiger charge is -2.23. The first kappa shape index (κ1) is 26.1. The Balaban J connectivity index is 0.00000320. The Kier molecular flexibility index (Phi) is 7.48. The molecule has 194 valence electrons. The maximum Gasteiger partial charge on any atom is 0.416 e. The summed E-state index contributed by atoms with van der Waals surface area (Å²) in [7, 11) is 0. The van der Waals surface area contributed by atoms with E-state index in [2.05, 4.69) is 20.5 Å². The Morgan fingerprint density at radius 2 is 1.78 bits per heavy atom. The molecule has 4 aromatic rings. The highest BCUT2D eigenvalue weighted by molar-refractivity contribution is 5.85. The second kappa shape index (κ2) is 10.6. The minimum atomic E-state index is -4.38. The predicted octanol–water partition coefficient (Wildman–Crippen LogP) is 4.38. The first-order chi connectivity index (χ1) is 17.3. The summed E-state index contributed by atoms with van der Waals surface area (Å²) in [6.45, 7) is 1.20. The van der Waals surface area contributed by atoms with Crippen LogP contribution in [0, 0.1) is 5.41 Å². The number of rotatable bonds is 6. The molecule has 1 fully saturated rings. The first-order valence-corrected chi connectivity index (χ1v) is 11.4. The standard InChI is InChI=1S/C24H23F3N8O.ClH/c25-24(26,27)18-9-7-16(8-10-18)20-14-34(33-31-20)13-15-3-5-17(6-4-15)22-30-21(36-32-22)12-19-2-1-11-35(19)23(28)29;/h3-10,14,19H,1-2,11-13H2,(H3,28,29);1H/t19-;/m0./s1. The van der Waals surface area contributed by atoms with Gasteiger partial charge >= 0.3 is 6.18 Å². The highest BCUT2D eigenvalue weighted by Crippen LogP contribution is 2.30. The Bertz CT molecular complexity index is 1350. The number of likely N-dealkylation sites (tertiary alicyclic amines) is 1. The number of benzene rings is 2. The number of hydrogen-bond acceptors (Lipinski definition) is 6. The Labute approximate surface area is 216 Å². The van der Waals surface area contributed by atoms with E-state index in [0.29, 0.717) is 35.9 Å². The molecule has 0 radical (unpaired) electrons. The summed E-state index contributed by atoms with van der Waals surface area (Å²) in [6, 6.07) is 12.5. The number of alkyl halides is 3. The molecule has 0 saturated carbocycles. The molecule has 0 aliphatic carbocycles. The summed E-state index contributed by atoms with van der Waals surface area (Å²) in [6.07, 6.45) is -0.245. The minimum absolute atomic E-state index is 0. The molecule has 1 aliphatic heterocycles. The zero-order chi connectivity index (χ0) is 25.3. The molecule has 13 heteroatoms. The molecule has 0 spiro atoms. The molecule has 0 amide bonds. The van der Waals surface area contributed by atoms with Crippen LogP contribution in [0.4, 0.5) is 13.2 Å². The Hall–Kier alpha value is -3.93. The SMILES string of the molecule is Cl.N=C(N)N1CCC[C@H]1Cc1nc(-c2ccc(Cn3cc(-c4ccc(C(F)(F)F)cc4)nn3)cc2)no1. The third-order valence-corrected chi connectivity index (χ3v) is 6.17. The van der Waals surface area contributed by atoms with Crippen LogP contribution in [0.15, 0.2) is 59.3 Å². The molecule has 1 aliphatic rings. The summed E-state index contributed by atoms with van der Waals surface area (Å²) >= 11 is 0. The van der Waals surface area contributed by atoms with Crippen LogP contribution in [0.2, 0.25) is 0 Å². The van der Waals surface area contributed by atoms with Crippen molar-refractivity contribution < 1.29 is 17.7 Å². The van der Waals surface area contributed by atoms with E-state index in [1.54, 1.807) is 10.9 Å². The van der Waals surface area contributed by atoms with Crippen molar-refractivity contribution in [1.82, 2.24) is 30.0 Å². The monoisotopic (exact) mass is 532 g/mol. The number of halogens is 4. The maximum atomic E-state index is 12.8.